The molecule has 1 N–H and O–H groups in total. The predicted molar refractivity (Wildman–Crippen MR) is 66.5 cm³/mol. The van der Waals surface area contributed by atoms with Crippen molar-refractivity contribution < 1.29 is 14.6 Å². The van der Waals surface area contributed by atoms with Crippen molar-refractivity contribution in [2.24, 2.45) is 5.92 Å². The number of aliphatic carboxylic acids is 1. The van der Waals surface area contributed by atoms with E-state index >= 15 is 0 Å². The molecule has 0 aromatic carbocycles. The van der Waals surface area contributed by atoms with Crippen LogP contribution in [0.15, 0.2) is 12.1 Å². The lowest BCUT2D eigenvalue weighted by molar-refractivity contribution is -0.141. The first kappa shape index (κ1) is 12.8. The molecular formula is C13H18N2O3. The minimum Gasteiger partial charge on any atom is -0.497 e. The fourth-order valence-corrected chi connectivity index (χ4v) is 2.31. The Labute approximate surface area is 106 Å². The summed E-state index contributed by atoms with van der Waals surface area (Å²) in [6.45, 7) is 4.03. The molecule has 1 saturated heterocycles. The third kappa shape index (κ3) is 2.98. The monoisotopic (exact) mass is 250 g/mol. The molecule has 0 aliphatic carbocycles. The lowest BCUT2D eigenvalue weighted by atomic mass is 10.1. The van der Waals surface area contributed by atoms with Crippen LogP contribution in [0, 0.1) is 12.8 Å². The number of likely N-dealkylation sites (tertiary alicyclic amines) is 1. The zero-order valence-corrected chi connectivity index (χ0v) is 10.7. The van der Waals surface area contributed by atoms with Gasteiger partial charge in [-0.2, -0.15) is 0 Å². The third-order valence-electron chi connectivity index (χ3n) is 3.22. The minimum atomic E-state index is -0.702. The van der Waals surface area contributed by atoms with Gasteiger partial charge in [-0.15, -0.1) is 0 Å². The number of pyridine rings is 1. The number of rotatable bonds is 4. The number of carboxylic acids is 1. The van der Waals surface area contributed by atoms with Crippen molar-refractivity contribution >= 4 is 5.97 Å². The van der Waals surface area contributed by atoms with Crippen LogP contribution in [0.1, 0.15) is 17.8 Å². The molecule has 1 aliphatic heterocycles. The van der Waals surface area contributed by atoms with Gasteiger partial charge in [-0.1, -0.05) is 0 Å². The topological polar surface area (TPSA) is 62.7 Å². The highest BCUT2D eigenvalue weighted by atomic mass is 16.5. The fourth-order valence-electron chi connectivity index (χ4n) is 2.31. The molecule has 0 saturated carbocycles. The predicted octanol–water partition coefficient (Wildman–Crippen LogP) is 1.31. The molecule has 1 unspecified atom stereocenters. The van der Waals surface area contributed by atoms with Gasteiger partial charge >= 0.3 is 5.97 Å². The van der Waals surface area contributed by atoms with Gasteiger partial charge in [-0.3, -0.25) is 14.7 Å². The van der Waals surface area contributed by atoms with Gasteiger partial charge in [0.15, 0.2) is 0 Å². The molecule has 0 amide bonds. The second-order valence-corrected chi connectivity index (χ2v) is 4.70. The van der Waals surface area contributed by atoms with Gasteiger partial charge in [0.25, 0.3) is 0 Å². The Morgan fingerprint density at radius 3 is 3.00 bits per heavy atom. The van der Waals surface area contributed by atoms with E-state index in [0.717, 1.165) is 30.1 Å². The Morgan fingerprint density at radius 1 is 1.61 bits per heavy atom. The van der Waals surface area contributed by atoms with E-state index in [1.165, 1.54) is 0 Å². The molecule has 1 atom stereocenters. The standard InChI is InChI=1S/C13H18N2O3/c1-9-5-12(18-2)6-11(14-9)8-15-4-3-10(7-15)13(16)17/h5-6,10H,3-4,7-8H2,1-2H3,(H,16,17). The smallest absolute Gasteiger partial charge is 0.307 e. The van der Waals surface area contributed by atoms with Gasteiger partial charge in [0.1, 0.15) is 5.75 Å². The van der Waals surface area contributed by atoms with E-state index in [9.17, 15) is 4.79 Å². The fraction of sp³-hybridized carbons (Fsp3) is 0.538. The van der Waals surface area contributed by atoms with Crippen LogP contribution in [-0.4, -0.2) is 41.2 Å². The molecule has 1 fully saturated rings. The second kappa shape index (κ2) is 5.35. The molecule has 1 aliphatic rings. The SMILES string of the molecule is COc1cc(C)nc(CN2CCC(C(=O)O)C2)c1. The van der Waals surface area contributed by atoms with Gasteiger partial charge in [-0.25, -0.2) is 0 Å². The molecule has 18 heavy (non-hydrogen) atoms. The molecule has 5 nitrogen and oxygen atoms in total. The van der Waals surface area contributed by atoms with E-state index in [2.05, 4.69) is 9.88 Å². The van der Waals surface area contributed by atoms with Crippen molar-refractivity contribution in [2.45, 2.75) is 19.9 Å². The van der Waals surface area contributed by atoms with Gasteiger partial charge in [0, 0.05) is 30.9 Å². The average molecular weight is 250 g/mol. The van der Waals surface area contributed by atoms with Crippen molar-refractivity contribution in [1.82, 2.24) is 9.88 Å². The first-order valence-electron chi connectivity index (χ1n) is 6.05. The lowest BCUT2D eigenvalue weighted by Gasteiger charge is -2.15. The number of carboxylic acid groups (broad SMARTS) is 1. The number of nitrogens with zero attached hydrogens (tertiary/aromatic N) is 2. The third-order valence-corrected chi connectivity index (χ3v) is 3.22. The number of hydrogen-bond donors (Lipinski definition) is 1. The van der Waals surface area contributed by atoms with E-state index in [4.69, 9.17) is 9.84 Å². The normalized spacial score (nSPS) is 20.0. The molecule has 1 aromatic heterocycles. The number of methoxy groups -OCH3 is 1. The molecule has 0 bridgehead atoms. The van der Waals surface area contributed by atoms with E-state index < -0.39 is 5.97 Å². The maximum absolute atomic E-state index is 10.9. The van der Waals surface area contributed by atoms with Crippen LogP contribution in [0.2, 0.25) is 0 Å². The number of aromatic nitrogens is 1. The van der Waals surface area contributed by atoms with Crippen LogP contribution < -0.4 is 4.74 Å². The minimum absolute atomic E-state index is 0.239. The summed E-state index contributed by atoms with van der Waals surface area (Å²) in [7, 11) is 1.63. The van der Waals surface area contributed by atoms with Gasteiger partial charge < -0.3 is 9.84 Å². The highest BCUT2D eigenvalue weighted by molar-refractivity contribution is 5.70. The van der Waals surface area contributed by atoms with Crippen LogP contribution in [0.3, 0.4) is 0 Å². The molecule has 1 aromatic rings. The summed E-state index contributed by atoms with van der Waals surface area (Å²) < 4.78 is 5.21. The number of ether oxygens (including phenoxy) is 1. The van der Waals surface area contributed by atoms with Crippen molar-refractivity contribution in [3.05, 3.63) is 23.5 Å². The highest BCUT2D eigenvalue weighted by Gasteiger charge is 2.28. The van der Waals surface area contributed by atoms with Gasteiger partial charge in [0.2, 0.25) is 0 Å². The summed E-state index contributed by atoms with van der Waals surface area (Å²) in [6, 6.07) is 3.79. The maximum atomic E-state index is 10.9. The van der Waals surface area contributed by atoms with Crippen LogP contribution in [-0.2, 0) is 11.3 Å². The van der Waals surface area contributed by atoms with Crippen LogP contribution in [0.25, 0.3) is 0 Å². The van der Waals surface area contributed by atoms with E-state index in [0.29, 0.717) is 13.1 Å². The molecule has 5 heteroatoms. The molecule has 0 radical (unpaired) electrons. The quantitative estimate of drug-likeness (QED) is 0.872. The summed E-state index contributed by atoms with van der Waals surface area (Å²) in [4.78, 5) is 17.5. The Morgan fingerprint density at radius 2 is 2.39 bits per heavy atom. The Bertz CT molecular complexity index is 448. The lowest BCUT2D eigenvalue weighted by Crippen LogP contribution is -2.23. The molecule has 0 spiro atoms. The Balaban J connectivity index is 2.02. The summed E-state index contributed by atoms with van der Waals surface area (Å²) in [5.74, 6) is -0.143. The summed E-state index contributed by atoms with van der Waals surface area (Å²) in [6.07, 6.45) is 0.721. The van der Waals surface area contributed by atoms with Gasteiger partial charge in [-0.05, 0) is 19.9 Å². The first-order chi connectivity index (χ1) is 8.58. The Kier molecular flexibility index (Phi) is 3.81. The maximum Gasteiger partial charge on any atom is 0.307 e. The van der Waals surface area contributed by atoms with Crippen molar-refractivity contribution in [3.8, 4) is 5.75 Å². The summed E-state index contributed by atoms with van der Waals surface area (Å²) in [5, 5.41) is 8.96. The zero-order chi connectivity index (χ0) is 13.1. The first-order valence-corrected chi connectivity index (χ1v) is 6.05. The van der Waals surface area contributed by atoms with Crippen LogP contribution in [0.5, 0.6) is 5.75 Å². The highest BCUT2D eigenvalue weighted by Crippen LogP contribution is 2.20. The molecule has 2 rings (SSSR count). The number of hydrogen-bond acceptors (Lipinski definition) is 4. The second-order valence-electron chi connectivity index (χ2n) is 4.70. The average Bonchev–Trinajstić information content (AvgIpc) is 2.76. The molecule has 2 heterocycles. The zero-order valence-electron chi connectivity index (χ0n) is 10.7. The molecular weight excluding hydrogens is 232 g/mol. The van der Waals surface area contributed by atoms with E-state index in [1.54, 1.807) is 7.11 Å². The Hall–Kier alpha value is -1.62. The number of carbonyl (C=O) groups is 1. The summed E-state index contributed by atoms with van der Waals surface area (Å²) in [5.41, 5.74) is 1.84. The van der Waals surface area contributed by atoms with Crippen molar-refractivity contribution in [1.29, 1.82) is 0 Å². The van der Waals surface area contributed by atoms with E-state index in [1.807, 2.05) is 19.1 Å². The molecule has 98 valence electrons. The van der Waals surface area contributed by atoms with Gasteiger partial charge in [0.05, 0.1) is 18.7 Å². The van der Waals surface area contributed by atoms with Crippen molar-refractivity contribution in [3.63, 3.8) is 0 Å². The summed E-state index contributed by atoms with van der Waals surface area (Å²) >= 11 is 0. The largest absolute Gasteiger partial charge is 0.497 e. The van der Waals surface area contributed by atoms with E-state index in [-0.39, 0.29) is 5.92 Å². The van der Waals surface area contributed by atoms with Crippen LogP contribution in [0.4, 0.5) is 0 Å². The van der Waals surface area contributed by atoms with Crippen molar-refractivity contribution in [2.75, 3.05) is 20.2 Å². The number of aryl methyl sites for hydroxylation is 1. The van der Waals surface area contributed by atoms with Crippen LogP contribution >= 0.6 is 0 Å².